The summed E-state index contributed by atoms with van der Waals surface area (Å²) in [6, 6.07) is 6.95. The predicted molar refractivity (Wildman–Crippen MR) is 65.2 cm³/mol. The van der Waals surface area contributed by atoms with Crippen LogP contribution in [-0.4, -0.2) is 19.9 Å². The maximum Gasteiger partial charge on any atom is 0.123 e. The molecule has 0 unspecified atom stereocenters. The first kappa shape index (κ1) is 14.2. The van der Waals surface area contributed by atoms with Gasteiger partial charge in [0, 0.05) is 12.1 Å². The van der Waals surface area contributed by atoms with E-state index in [9.17, 15) is 4.39 Å². The quantitative estimate of drug-likeness (QED) is 0.731. The zero-order chi connectivity index (χ0) is 11.8. The van der Waals surface area contributed by atoms with Gasteiger partial charge in [0.15, 0.2) is 0 Å². The zero-order valence-corrected chi connectivity index (χ0v) is 9.92. The SMILES string of the molecule is CC(C)NC(C)C.[B]c1ccc(F)cc1. The van der Waals surface area contributed by atoms with Crippen LogP contribution in [0.25, 0.3) is 0 Å². The third kappa shape index (κ3) is 9.48. The molecule has 2 radical (unpaired) electrons. The molecular formula is C12H19BFN. The maximum absolute atomic E-state index is 12.0. The van der Waals surface area contributed by atoms with Gasteiger partial charge >= 0.3 is 0 Å². The summed E-state index contributed by atoms with van der Waals surface area (Å²) in [4.78, 5) is 0. The zero-order valence-electron chi connectivity index (χ0n) is 9.92. The molecule has 0 bridgehead atoms. The lowest BCUT2D eigenvalue weighted by Crippen LogP contribution is -2.29. The van der Waals surface area contributed by atoms with E-state index in [-0.39, 0.29) is 5.82 Å². The highest BCUT2D eigenvalue weighted by Gasteiger charge is 1.92. The van der Waals surface area contributed by atoms with Crippen molar-refractivity contribution in [1.82, 2.24) is 5.32 Å². The Morgan fingerprint density at radius 3 is 1.60 bits per heavy atom. The summed E-state index contributed by atoms with van der Waals surface area (Å²) in [5.41, 5.74) is 0.589. The molecule has 1 N–H and O–H groups in total. The summed E-state index contributed by atoms with van der Waals surface area (Å²) in [7, 11) is 5.26. The molecule has 0 aliphatic heterocycles. The molecule has 0 atom stereocenters. The number of benzene rings is 1. The molecule has 0 aliphatic carbocycles. The molecule has 0 amide bonds. The van der Waals surface area contributed by atoms with Crippen molar-refractivity contribution in [2.24, 2.45) is 0 Å². The van der Waals surface area contributed by atoms with E-state index in [1.54, 1.807) is 0 Å². The van der Waals surface area contributed by atoms with Gasteiger partial charge in [-0.25, -0.2) is 4.39 Å². The highest BCUT2D eigenvalue weighted by molar-refractivity contribution is 6.32. The smallest absolute Gasteiger partial charge is 0.123 e. The molecule has 0 saturated carbocycles. The van der Waals surface area contributed by atoms with Crippen molar-refractivity contribution in [3.05, 3.63) is 30.1 Å². The van der Waals surface area contributed by atoms with Crippen LogP contribution < -0.4 is 10.8 Å². The minimum Gasteiger partial charge on any atom is -0.312 e. The molecule has 1 aromatic rings. The minimum absolute atomic E-state index is 0.251. The van der Waals surface area contributed by atoms with Gasteiger partial charge in [0.05, 0.1) is 0 Å². The second kappa shape index (κ2) is 7.46. The molecule has 0 aromatic heterocycles. The van der Waals surface area contributed by atoms with Gasteiger partial charge in [0.25, 0.3) is 0 Å². The first-order chi connectivity index (χ1) is 6.91. The average Bonchev–Trinajstić information content (AvgIpc) is 2.09. The van der Waals surface area contributed by atoms with Crippen molar-refractivity contribution in [1.29, 1.82) is 0 Å². The molecule has 1 rings (SSSR count). The fourth-order valence-corrected chi connectivity index (χ4v) is 1.13. The molecule has 3 heteroatoms. The molecule has 0 aliphatic rings. The number of nitrogens with one attached hydrogen (secondary N) is 1. The lowest BCUT2D eigenvalue weighted by Gasteiger charge is -2.10. The monoisotopic (exact) mass is 207 g/mol. The summed E-state index contributed by atoms with van der Waals surface area (Å²) in [6.07, 6.45) is 0. The summed E-state index contributed by atoms with van der Waals surface area (Å²) >= 11 is 0. The average molecular weight is 207 g/mol. The van der Waals surface area contributed by atoms with Crippen molar-refractivity contribution in [2.45, 2.75) is 39.8 Å². The van der Waals surface area contributed by atoms with Crippen molar-refractivity contribution >= 4 is 13.3 Å². The van der Waals surface area contributed by atoms with Crippen LogP contribution in [-0.2, 0) is 0 Å². The summed E-state index contributed by atoms with van der Waals surface area (Å²) in [6.45, 7) is 8.61. The number of rotatable bonds is 2. The Labute approximate surface area is 93.5 Å². The van der Waals surface area contributed by atoms with Gasteiger partial charge in [0.2, 0.25) is 0 Å². The van der Waals surface area contributed by atoms with Crippen LogP contribution in [0.1, 0.15) is 27.7 Å². The van der Waals surface area contributed by atoms with E-state index in [0.717, 1.165) is 0 Å². The largest absolute Gasteiger partial charge is 0.312 e. The molecule has 0 heterocycles. The van der Waals surface area contributed by atoms with Crippen LogP contribution in [0.5, 0.6) is 0 Å². The van der Waals surface area contributed by atoms with Crippen LogP contribution >= 0.6 is 0 Å². The van der Waals surface area contributed by atoms with Crippen molar-refractivity contribution in [2.75, 3.05) is 0 Å². The van der Waals surface area contributed by atoms with Crippen LogP contribution in [0.4, 0.5) is 4.39 Å². The second-order valence-corrected chi connectivity index (χ2v) is 4.03. The fourth-order valence-electron chi connectivity index (χ4n) is 1.13. The van der Waals surface area contributed by atoms with Crippen LogP contribution in [0.3, 0.4) is 0 Å². The molecule has 0 saturated heterocycles. The van der Waals surface area contributed by atoms with Crippen LogP contribution in [0, 0.1) is 5.82 Å². The highest BCUT2D eigenvalue weighted by Crippen LogP contribution is 1.89. The van der Waals surface area contributed by atoms with E-state index in [1.165, 1.54) is 24.3 Å². The normalized spacial score (nSPS) is 10.1. The molecule has 1 aromatic carbocycles. The standard InChI is InChI=1S/C6H4BF.C6H15N/c7-5-1-3-6(8)4-2-5;1-5(2)7-6(3)4/h1-4H;5-7H,1-4H3. The van der Waals surface area contributed by atoms with Gasteiger partial charge < -0.3 is 5.32 Å². The summed E-state index contributed by atoms with van der Waals surface area (Å²) < 4.78 is 12.0. The van der Waals surface area contributed by atoms with E-state index in [2.05, 4.69) is 33.0 Å². The summed E-state index contributed by atoms with van der Waals surface area (Å²) in [5.74, 6) is -0.251. The summed E-state index contributed by atoms with van der Waals surface area (Å²) in [5, 5.41) is 3.31. The number of halogens is 1. The molecule has 0 spiro atoms. The highest BCUT2D eigenvalue weighted by atomic mass is 19.1. The fraction of sp³-hybridized carbons (Fsp3) is 0.500. The Hall–Kier alpha value is -0.825. The lowest BCUT2D eigenvalue weighted by molar-refractivity contribution is 0.518. The van der Waals surface area contributed by atoms with Gasteiger partial charge in [0.1, 0.15) is 13.7 Å². The second-order valence-electron chi connectivity index (χ2n) is 4.03. The van der Waals surface area contributed by atoms with Gasteiger partial charge in [-0.3, -0.25) is 0 Å². The number of hydrogen-bond donors (Lipinski definition) is 1. The Kier molecular flexibility index (Phi) is 7.05. The van der Waals surface area contributed by atoms with E-state index in [1.807, 2.05) is 0 Å². The first-order valence-electron chi connectivity index (χ1n) is 5.19. The first-order valence-corrected chi connectivity index (χ1v) is 5.19. The Bertz CT molecular complexity index is 230. The minimum atomic E-state index is -0.251. The topological polar surface area (TPSA) is 12.0 Å². The molecular weight excluding hydrogens is 188 g/mol. The van der Waals surface area contributed by atoms with Gasteiger partial charge in [-0.15, -0.1) is 0 Å². The van der Waals surface area contributed by atoms with Crippen molar-refractivity contribution < 1.29 is 4.39 Å². The lowest BCUT2D eigenvalue weighted by atomic mass is 9.97. The molecule has 15 heavy (non-hydrogen) atoms. The molecule has 1 nitrogen and oxygen atoms in total. The van der Waals surface area contributed by atoms with Gasteiger partial charge in [-0.2, -0.15) is 0 Å². The Balaban J connectivity index is 0.000000265. The van der Waals surface area contributed by atoms with Crippen LogP contribution in [0.2, 0.25) is 0 Å². The van der Waals surface area contributed by atoms with Crippen molar-refractivity contribution in [3.8, 4) is 0 Å². The van der Waals surface area contributed by atoms with E-state index < -0.39 is 0 Å². The van der Waals surface area contributed by atoms with E-state index >= 15 is 0 Å². The van der Waals surface area contributed by atoms with Crippen molar-refractivity contribution in [3.63, 3.8) is 0 Å². The Morgan fingerprint density at radius 2 is 1.40 bits per heavy atom. The third-order valence-electron chi connectivity index (χ3n) is 1.54. The predicted octanol–water partition coefficient (Wildman–Crippen LogP) is 2.01. The maximum atomic E-state index is 12.0. The van der Waals surface area contributed by atoms with E-state index in [0.29, 0.717) is 17.5 Å². The Morgan fingerprint density at radius 1 is 1.00 bits per heavy atom. The third-order valence-corrected chi connectivity index (χ3v) is 1.54. The molecule has 0 fully saturated rings. The van der Waals surface area contributed by atoms with Gasteiger partial charge in [-0.1, -0.05) is 45.3 Å². The number of hydrogen-bond acceptors (Lipinski definition) is 1. The van der Waals surface area contributed by atoms with Gasteiger partial charge in [-0.05, 0) is 12.1 Å². The molecule has 82 valence electrons. The van der Waals surface area contributed by atoms with Crippen LogP contribution in [0.15, 0.2) is 24.3 Å². The van der Waals surface area contributed by atoms with E-state index in [4.69, 9.17) is 7.85 Å².